The lowest BCUT2D eigenvalue weighted by molar-refractivity contribution is 0.313. The van der Waals surface area contributed by atoms with E-state index in [1.807, 2.05) is 19.6 Å². The van der Waals surface area contributed by atoms with Crippen molar-refractivity contribution in [3.8, 4) is 5.75 Å². The van der Waals surface area contributed by atoms with E-state index in [1.54, 1.807) is 0 Å². The van der Waals surface area contributed by atoms with Crippen LogP contribution in [-0.4, -0.2) is 22.2 Å². The third-order valence-electron chi connectivity index (χ3n) is 4.77. The van der Waals surface area contributed by atoms with Crippen LogP contribution in [0, 0.1) is 95.3 Å². The molecule has 0 atom stereocenters. The van der Waals surface area contributed by atoms with Crippen LogP contribution in [0.3, 0.4) is 0 Å². The summed E-state index contributed by atoms with van der Waals surface area (Å²) in [6.07, 6.45) is 0.0453. The maximum absolute atomic E-state index is 13.3. The number of ether oxygens (including phenoxy) is 1. The van der Waals surface area contributed by atoms with E-state index in [2.05, 4.69) is 0 Å². The highest BCUT2D eigenvalue weighted by Gasteiger charge is 2.26. The van der Waals surface area contributed by atoms with Crippen molar-refractivity contribution in [1.29, 1.82) is 0 Å². The Hall–Kier alpha value is -3.24. The molecule has 224 valence electrons. The predicted octanol–water partition coefficient (Wildman–Crippen LogP) is 7.67. The average Bonchev–Trinajstić information content (AvgIpc) is 2.92. The minimum atomic E-state index is -2.13. The van der Waals surface area contributed by atoms with E-state index in [0.717, 1.165) is 13.8 Å². The fourth-order valence-electron chi connectivity index (χ4n) is 2.47. The second-order valence-corrected chi connectivity index (χ2v) is 14.6. The summed E-state index contributed by atoms with van der Waals surface area (Å²) in [6.45, 7) is 7.28. The SMILES string of the molecule is Cc1c(F)c(F)c(F)c(F)c1F.Cc1c(F)c(F)c(F)c(F)c1F.[B]c1c(F)c(F)c(OC[Si](C)(C)C)c(F)c1F. The van der Waals surface area contributed by atoms with Crippen LogP contribution in [0.2, 0.25) is 19.6 Å². The minimum absolute atomic E-state index is 0.0453. The Kier molecular flexibility index (Phi) is 11.9. The number of hydrogen-bond donors (Lipinski definition) is 0. The van der Waals surface area contributed by atoms with E-state index >= 15 is 0 Å². The Labute approximate surface area is 226 Å². The first-order chi connectivity index (χ1) is 18.6. The highest BCUT2D eigenvalue weighted by atomic mass is 28.3. The van der Waals surface area contributed by atoms with Crippen molar-refractivity contribution in [3.05, 3.63) is 92.6 Å². The Morgan fingerprint density at radius 1 is 0.439 bits per heavy atom. The van der Waals surface area contributed by atoms with Gasteiger partial charge in [0.1, 0.15) is 7.85 Å². The highest BCUT2D eigenvalue weighted by molar-refractivity contribution is 6.76. The lowest BCUT2D eigenvalue weighted by atomic mass is 9.94. The molecule has 17 heteroatoms. The summed E-state index contributed by atoms with van der Waals surface area (Å²) >= 11 is 0. The van der Waals surface area contributed by atoms with Gasteiger partial charge in [0.2, 0.25) is 23.3 Å². The molecule has 0 aliphatic carbocycles. The molecule has 0 heterocycles. The van der Waals surface area contributed by atoms with Gasteiger partial charge in [0.15, 0.2) is 63.9 Å². The summed E-state index contributed by atoms with van der Waals surface area (Å²) in [5.41, 5.74) is -2.92. The zero-order valence-electron chi connectivity index (χ0n) is 21.5. The van der Waals surface area contributed by atoms with Crippen LogP contribution < -0.4 is 10.2 Å². The zero-order chi connectivity index (χ0) is 32.3. The average molecular weight is 626 g/mol. The summed E-state index contributed by atoms with van der Waals surface area (Å²) in [5, 5.41) is 0. The van der Waals surface area contributed by atoms with Gasteiger partial charge in [0.05, 0.1) is 14.3 Å². The second-order valence-electron chi connectivity index (χ2n) is 9.24. The smallest absolute Gasteiger partial charge is 0.203 e. The number of benzene rings is 3. The van der Waals surface area contributed by atoms with Crippen LogP contribution in [0.1, 0.15) is 11.1 Å². The van der Waals surface area contributed by atoms with Gasteiger partial charge in [-0.25, -0.2) is 52.7 Å². The molecule has 0 N–H and O–H groups in total. The summed E-state index contributed by atoms with van der Waals surface area (Å²) in [6, 6.07) is 0. The molecule has 3 rings (SSSR count). The van der Waals surface area contributed by atoms with E-state index in [1.165, 1.54) is 0 Å². The molecule has 0 aliphatic rings. The molecule has 0 fully saturated rings. The van der Waals surface area contributed by atoms with Crippen LogP contribution in [0.4, 0.5) is 61.5 Å². The normalized spacial score (nSPS) is 11.0. The summed E-state index contributed by atoms with van der Waals surface area (Å²) in [7, 11) is 3.09. The number of hydrogen-bond acceptors (Lipinski definition) is 1. The maximum atomic E-state index is 13.3. The van der Waals surface area contributed by atoms with Gasteiger partial charge in [-0.15, -0.1) is 0 Å². The first-order valence-electron chi connectivity index (χ1n) is 10.8. The van der Waals surface area contributed by atoms with Crippen molar-refractivity contribution >= 4 is 21.4 Å². The quantitative estimate of drug-likeness (QED) is 0.126. The lowest BCUT2D eigenvalue weighted by Gasteiger charge is -2.18. The highest BCUT2D eigenvalue weighted by Crippen LogP contribution is 2.26. The van der Waals surface area contributed by atoms with Gasteiger partial charge >= 0.3 is 0 Å². The molecule has 3 aromatic rings. The third kappa shape index (κ3) is 7.95. The standard InChI is InChI=1S/C10H11BF4OSi.2C7H3F5/c1-17(2,3)4-16-10-8(14)6(12)5(11)7(13)9(10)15;2*1-2-3(8)5(10)7(12)6(11)4(2)9/h4H2,1-3H3;2*1H3. The molecule has 0 aliphatic heterocycles. The molecule has 0 amide bonds. The van der Waals surface area contributed by atoms with Crippen molar-refractivity contribution < 1.29 is 66.2 Å². The molecule has 0 bridgehead atoms. The fraction of sp³-hybridized carbons (Fsp3) is 0.250. The van der Waals surface area contributed by atoms with Gasteiger partial charge in [0.25, 0.3) is 0 Å². The minimum Gasteiger partial charge on any atom is -0.491 e. The van der Waals surface area contributed by atoms with E-state index in [-0.39, 0.29) is 6.23 Å². The predicted molar refractivity (Wildman–Crippen MR) is 122 cm³/mol. The Morgan fingerprint density at radius 3 is 0.927 bits per heavy atom. The molecular formula is C24H17BF14OSi. The molecule has 0 aromatic heterocycles. The zero-order valence-corrected chi connectivity index (χ0v) is 22.5. The molecular weight excluding hydrogens is 609 g/mol. The monoisotopic (exact) mass is 626 g/mol. The van der Waals surface area contributed by atoms with Crippen molar-refractivity contribution in [2.24, 2.45) is 0 Å². The summed E-state index contributed by atoms with van der Waals surface area (Å²) in [5.74, 6) is -26.5. The summed E-state index contributed by atoms with van der Waals surface area (Å²) in [4.78, 5) is 0. The van der Waals surface area contributed by atoms with Crippen molar-refractivity contribution in [3.63, 3.8) is 0 Å². The largest absolute Gasteiger partial charge is 0.491 e. The molecule has 41 heavy (non-hydrogen) atoms. The molecule has 2 radical (unpaired) electrons. The van der Waals surface area contributed by atoms with Crippen LogP contribution in [0.25, 0.3) is 0 Å². The summed E-state index contributed by atoms with van der Waals surface area (Å²) < 4.78 is 181. The molecule has 0 saturated heterocycles. The Morgan fingerprint density at radius 2 is 0.683 bits per heavy atom. The van der Waals surface area contributed by atoms with Crippen LogP contribution in [0.5, 0.6) is 5.75 Å². The Balaban J connectivity index is 0.000000315. The molecule has 0 unspecified atom stereocenters. The maximum Gasteiger partial charge on any atom is 0.203 e. The molecule has 0 saturated carbocycles. The lowest BCUT2D eigenvalue weighted by Crippen LogP contribution is -2.31. The van der Waals surface area contributed by atoms with Gasteiger partial charge in [0, 0.05) is 11.1 Å². The fourth-order valence-corrected chi connectivity index (χ4v) is 3.05. The molecule has 3 aromatic carbocycles. The topological polar surface area (TPSA) is 9.23 Å². The van der Waals surface area contributed by atoms with Crippen molar-refractivity contribution in [2.45, 2.75) is 33.5 Å². The Bertz CT molecular complexity index is 1150. The molecule has 0 spiro atoms. The van der Waals surface area contributed by atoms with Crippen molar-refractivity contribution in [1.82, 2.24) is 0 Å². The van der Waals surface area contributed by atoms with Crippen LogP contribution >= 0.6 is 0 Å². The van der Waals surface area contributed by atoms with E-state index in [0.29, 0.717) is 0 Å². The third-order valence-corrected chi connectivity index (χ3v) is 5.78. The van der Waals surface area contributed by atoms with Gasteiger partial charge in [-0.05, 0) is 19.3 Å². The van der Waals surface area contributed by atoms with E-state index in [9.17, 15) is 61.5 Å². The van der Waals surface area contributed by atoms with E-state index < -0.39 is 112 Å². The van der Waals surface area contributed by atoms with Gasteiger partial charge in [-0.2, -0.15) is 8.78 Å². The van der Waals surface area contributed by atoms with Gasteiger partial charge < -0.3 is 4.74 Å². The first kappa shape index (κ1) is 35.8. The van der Waals surface area contributed by atoms with Gasteiger partial charge in [-0.1, -0.05) is 19.6 Å². The molecule has 1 nitrogen and oxygen atoms in total. The number of halogens is 14. The van der Waals surface area contributed by atoms with Crippen molar-refractivity contribution in [2.75, 3.05) is 6.23 Å². The first-order valence-corrected chi connectivity index (χ1v) is 14.5. The van der Waals surface area contributed by atoms with Gasteiger partial charge in [-0.3, -0.25) is 0 Å². The second kappa shape index (κ2) is 13.6. The van der Waals surface area contributed by atoms with E-state index in [4.69, 9.17) is 12.6 Å². The number of rotatable bonds is 3. The van der Waals surface area contributed by atoms with Crippen LogP contribution in [0.15, 0.2) is 0 Å². The van der Waals surface area contributed by atoms with Crippen LogP contribution in [-0.2, 0) is 0 Å².